The second kappa shape index (κ2) is 6.32. The van der Waals surface area contributed by atoms with Gasteiger partial charge in [0, 0.05) is 7.11 Å². The van der Waals surface area contributed by atoms with E-state index in [0.29, 0.717) is 22.4 Å². The number of methoxy groups -OCH3 is 1. The van der Waals surface area contributed by atoms with Gasteiger partial charge in [-0.2, -0.15) is 0 Å². The van der Waals surface area contributed by atoms with Gasteiger partial charge in [-0.25, -0.2) is 0 Å². The molecule has 1 fully saturated rings. The molecule has 0 radical (unpaired) electrons. The van der Waals surface area contributed by atoms with Crippen LogP contribution in [0.4, 0.5) is 0 Å². The molecular formula is C14H15NO2S2. The minimum atomic E-state index is -0.0346. The average molecular weight is 293 g/mol. The van der Waals surface area contributed by atoms with Crippen molar-refractivity contribution in [2.45, 2.75) is 6.92 Å². The molecule has 1 aromatic rings. The Hall–Kier alpha value is -1.17. The first-order valence-corrected chi connectivity index (χ1v) is 7.15. The lowest BCUT2D eigenvalue weighted by molar-refractivity contribution is -0.122. The number of amides is 1. The Kier molecular flexibility index (Phi) is 4.74. The molecule has 0 unspecified atom stereocenters. The number of nitrogens with zero attached hydrogens (tertiary/aromatic N) is 1. The molecule has 5 heteroatoms. The van der Waals surface area contributed by atoms with Crippen LogP contribution in [0.2, 0.25) is 0 Å². The SMILES string of the molecule is COCCN1C(=O)C(=Cc2ccc(C)cc2)SC1=S. The van der Waals surface area contributed by atoms with Crippen LogP contribution in [0.15, 0.2) is 29.2 Å². The van der Waals surface area contributed by atoms with Crippen molar-refractivity contribution in [3.8, 4) is 0 Å². The lowest BCUT2D eigenvalue weighted by Crippen LogP contribution is -2.31. The van der Waals surface area contributed by atoms with E-state index in [-0.39, 0.29) is 5.91 Å². The van der Waals surface area contributed by atoms with Crippen molar-refractivity contribution in [1.82, 2.24) is 4.90 Å². The van der Waals surface area contributed by atoms with Crippen molar-refractivity contribution < 1.29 is 9.53 Å². The highest BCUT2D eigenvalue weighted by atomic mass is 32.2. The Balaban J connectivity index is 2.16. The van der Waals surface area contributed by atoms with E-state index in [9.17, 15) is 4.79 Å². The molecule has 1 aliphatic rings. The van der Waals surface area contributed by atoms with Crippen molar-refractivity contribution in [3.63, 3.8) is 0 Å². The molecule has 1 aliphatic heterocycles. The molecule has 0 atom stereocenters. The third-order valence-electron chi connectivity index (χ3n) is 2.77. The summed E-state index contributed by atoms with van der Waals surface area (Å²) >= 11 is 6.56. The Morgan fingerprint density at radius 1 is 1.37 bits per heavy atom. The minimum Gasteiger partial charge on any atom is -0.383 e. The average Bonchev–Trinajstić information content (AvgIpc) is 2.65. The fourth-order valence-electron chi connectivity index (χ4n) is 1.69. The number of carbonyl (C=O) groups excluding carboxylic acids is 1. The van der Waals surface area contributed by atoms with E-state index in [0.717, 1.165) is 5.56 Å². The number of hydrogen-bond donors (Lipinski definition) is 0. The van der Waals surface area contributed by atoms with E-state index in [1.165, 1.54) is 17.3 Å². The van der Waals surface area contributed by atoms with Gasteiger partial charge >= 0.3 is 0 Å². The number of thiocarbonyl (C=S) groups is 1. The predicted octanol–water partition coefficient (Wildman–Crippen LogP) is 2.84. The number of thioether (sulfide) groups is 1. The number of rotatable bonds is 4. The summed E-state index contributed by atoms with van der Waals surface area (Å²) in [6, 6.07) is 8.04. The standard InChI is InChI=1S/C14H15NO2S2/c1-10-3-5-11(6-4-10)9-12-13(16)15(7-8-17-2)14(18)19-12/h3-6,9H,7-8H2,1-2H3. The molecule has 1 amide bonds. The molecule has 1 heterocycles. The van der Waals surface area contributed by atoms with Crippen molar-refractivity contribution in [1.29, 1.82) is 0 Å². The zero-order valence-electron chi connectivity index (χ0n) is 10.9. The van der Waals surface area contributed by atoms with Gasteiger partial charge in [-0.05, 0) is 18.6 Å². The van der Waals surface area contributed by atoms with Gasteiger partial charge in [0.15, 0.2) is 0 Å². The Morgan fingerprint density at radius 2 is 2.05 bits per heavy atom. The Morgan fingerprint density at radius 3 is 2.68 bits per heavy atom. The molecule has 0 N–H and O–H groups in total. The zero-order chi connectivity index (χ0) is 13.8. The number of aryl methyl sites for hydroxylation is 1. The summed E-state index contributed by atoms with van der Waals surface area (Å²) in [6.07, 6.45) is 1.88. The lowest BCUT2D eigenvalue weighted by Gasteiger charge is -2.12. The topological polar surface area (TPSA) is 29.5 Å². The fraction of sp³-hybridized carbons (Fsp3) is 0.286. The normalized spacial score (nSPS) is 17.6. The Labute approximate surface area is 122 Å². The molecule has 0 bridgehead atoms. The first-order valence-electron chi connectivity index (χ1n) is 5.93. The molecule has 1 saturated heterocycles. The zero-order valence-corrected chi connectivity index (χ0v) is 12.5. The quantitative estimate of drug-likeness (QED) is 0.631. The van der Waals surface area contributed by atoms with Gasteiger partial charge in [0.1, 0.15) is 4.32 Å². The third kappa shape index (κ3) is 3.43. The van der Waals surface area contributed by atoms with Gasteiger partial charge in [0.05, 0.1) is 18.1 Å². The monoisotopic (exact) mass is 293 g/mol. The van der Waals surface area contributed by atoms with E-state index in [4.69, 9.17) is 17.0 Å². The first kappa shape index (κ1) is 14.2. The molecule has 100 valence electrons. The van der Waals surface area contributed by atoms with E-state index < -0.39 is 0 Å². The second-order valence-corrected chi connectivity index (χ2v) is 5.91. The minimum absolute atomic E-state index is 0.0346. The van der Waals surface area contributed by atoms with Gasteiger partial charge in [-0.1, -0.05) is 53.8 Å². The van der Waals surface area contributed by atoms with Crippen molar-refractivity contribution >= 4 is 40.3 Å². The number of benzene rings is 1. The van der Waals surface area contributed by atoms with Gasteiger partial charge in [-0.15, -0.1) is 0 Å². The molecule has 3 nitrogen and oxygen atoms in total. The number of hydrogen-bond acceptors (Lipinski definition) is 4. The van der Waals surface area contributed by atoms with E-state index in [1.54, 1.807) is 12.0 Å². The van der Waals surface area contributed by atoms with Crippen LogP contribution >= 0.6 is 24.0 Å². The summed E-state index contributed by atoms with van der Waals surface area (Å²) in [4.78, 5) is 14.4. The van der Waals surface area contributed by atoms with Crippen LogP contribution in [0.25, 0.3) is 6.08 Å². The lowest BCUT2D eigenvalue weighted by atomic mass is 10.1. The molecule has 2 rings (SSSR count). The van der Waals surface area contributed by atoms with Gasteiger partial charge in [0.25, 0.3) is 5.91 Å². The molecule has 0 aromatic heterocycles. The molecular weight excluding hydrogens is 278 g/mol. The highest BCUT2D eigenvalue weighted by Gasteiger charge is 2.31. The van der Waals surface area contributed by atoms with Crippen LogP contribution in [0.5, 0.6) is 0 Å². The summed E-state index contributed by atoms with van der Waals surface area (Å²) in [5.41, 5.74) is 2.21. The van der Waals surface area contributed by atoms with E-state index in [1.807, 2.05) is 37.3 Å². The van der Waals surface area contributed by atoms with Crippen LogP contribution in [-0.4, -0.2) is 35.4 Å². The molecule has 1 aromatic carbocycles. The molecule has 19 heavy (non-hydrogen) atoms. The maximum absolute atomic E-state index is 12.2. The maximum Gasteiger partial charge on any atom is 0.266 e. The molecule has 0 aliphatic carbocycles. The van der Waals surface area contributed by atoms with Gasteiger partial charge in [0.2, 0.25) is 0 Å². The first-order chi connectivity index (χ1) is 9.11. The van der Waals surface area contributed by atoms with Crippen LogP contribution in [0, 0.1) is 6.92 Å². The summed E-state index contributed by atoms with van der Waals surface area (Å²) in [5.74, 6) is -0.0346. The molecule has 0 saturated carbocycles. The number of ether oxygens (including phenoxy) is 1. The van der Waals surface area contributed by atoms with Crippen LogP contribution in [0.1, 0.15) is 11.1 Å². The molecule has 0 spiro atoms. The maximum atomic E-state index is 12.2. The third-order valence-corrected chi connectivity index (χ3v) is 4.15. The van der Waals surface area contributed by atoms with Gasteiger partial charge < -0.3 is 4.74 Å². The van der Waals surface area contributed by atoms with Gasteiger partial charge in [-0.3, -0.25) is 9.69 Å². The fourth-order valence-corrected chi connectivity index (χ4v) is 3.00. The van der Waals surface area contributed by atoms with Crippen molar-refractivity contribution in [2.75, 3.05) is 20.3 Å². The van der Waals surface area contributed by atoms with Crippen molar-refractivity contribution in [3.05, 3.63) is 40.3 Å². The summed E-state index contributed by atoms with van der Waals surface area (Å²) in [5, 5.41) is 0. The summed E-state index contributed by atoms with van der Waals surface area (Å²) in [6.45, 7) is 3.03. The van der Waals surface area contributed by atoms with Crippen LogP contribution in [-0.2, 0) is 9.53 Å². The predicted molar refractivity (Wildman–Crippen MR) is 82.9 cm³/mol. The Bertz CT molecular complexity index is 523. The second-order valence-electron chi connectivity index (χ2n) is 4.24. The summed E-state index contributed by atoms with van der Waals surface area (Å²) in [7, 11) is 1.61. The smallest absolute Gasteiger partial charge is 0.266 e. The van der Waals surface area contributed by atoms with E-state index >= 15 is 0 Å². The van der Waals surface area contributed by atoms with E-state index in [2.05, 4.69) is 0 Å². The highest BCUT2D eigenvalue weighted by Crippen LogP contribution is 2.32. The largest absolute Gasteiger partial charge is 0.383 e. The van der Waals surface area contributed by atoms with Crippen molar-refractivity contribution in [2.24, 2.45) is 0 Å². The summed E-state index contributed by atoms with van der Waals surface area (Å²) < 4.78 is 5.58. The highest BCUT2D eigenvalue weighted by molar-refractivity contribution is 8.26. The van der Waals surface area contributed by atoms with Crippen LogP contribution < -0.4 is 0 Å². The number of carbonyl (C=O) groups is 1. The van der Waals surface area contributed by atoms with Crippen LogP contribution in [0.3, 0.4) is 0 Å².